The summed E-state index contributed by atoms with van der Waals surface area (Å²) >= 11 is 3.43. The maximum absolute atomic E-state index is 9.96. The zero-order valence-corrected chi connectivity index (χ0v) is 14.1. The van der Waals surface area contributed by atoms with Crippen LogP contribution >= 0.6 is 15.9 Å². The van der Waals surface area contributed by atoms with Gasteiger partial charge in [0, 0.05) is 16.7 Å². The minimum Gasteiger partial charge on any atom is -0.389 e. The van der Waals surface area contributed by atoms with Gasteiger partial charge >= 0.3 is 0 Å². The van der Waals surface area contributed by atoms with Gasteiger partial charge < -0.3 is 15.2 Å². The summed E-state index contributed by atoms with van der Waals surface area (Å²) in [5, 5.41) is 13.2. The number of halogens is 1. The van der Waals surface area contributed by atoms with E-state index in [4.69, 9.17) is 4.74 Å². The van der Waals surface area contributed by atoms with Crippen LogP contribution in [-0.4, -0.2) is 31.0 Å². The number of aliphatic hydroxyl groups is 1. The maximum atomic E-state index is 9.96. The third kappa shape index (κ3) is 5.81. The predicted molar refractivity (Wildman–Crippen MR) is 90.5 cm³/mol. The van der Waals surface area contributed by atoms with E-state index in [-0.39, 0.29) is 0 Å². The van der Waals surface area contributed by atoms with Crippen LogP contribution in [0.3, 0.4) is 0 Å². The molecule has 0 aromatic heterocycles. The number of rotatable bonds is 7. The smallest absolute Gasteiger partial charge is 0.0945 e. The van der Waals surface area contributed by atoms with E-state index in [1.165, 1.54) is 0 Å². The lowest BCUT2D eigenvalue weighted by molar-refractivity contribution is 0.0175. The number of nitrogens with one attached hydrogen (secondary N) is 1. The number of benzene rings is 1. The SMILES string of the molecule is CC1CC=CCC1COCC(O)CNc1cccc(Br)c1. The van der Waals surface area contributed by atoms with Crippen molar-refractivity contribution >= 4 is 21.6 Å². The zero-order valence-electron chi connectivity index (χ0n) is 12.5. The first-order valence-electron chi connectivity index (χ1n) is 7.55. The highest BCUT2D eigenvalue weighted by Gasteiger charge is 2.18. The summed E-state index contributed by atoms with van der Waals surface area (Å²) in [4.78, 5) is 0. The van der Waals surface area contributed by atoms with Gasteiger partial charge in [-0.15, -0.1) is 0 Å². The maximum Gasteiger partial charge on any atom is 0.0945 e. The van der Waals surface area contributed by atoms with Crippen LogP contribution in [0.15, 0.2) is 40.9 Å². The Kier molecular flexibility index (Phi) is 6.74. The summed E-state index contributed by atoms with van der Waals surface area (Å²) < 4.78 is 6.71. The number of aliphatic hydroxyl groups excluding tert-OH is 1. The van der Waals surface area contributed by atoms with E-state index < -0.39 is 6.10 Å². The van der Waals surface area contributed by atoms with Crippen molar-refractivity contribution in [1.29, 1.82) is 0 Å². The van der Waals surface area contributed by atoms with Gasteiger partial charge in [0.1, 0.15) is 0 Å². The van der Waals surface area contributed by atoms with E-state index in [2.05, 4.69) is 40.3 Å². The van der Waals surface area contributed by atoms with Gasteiger partial charge in [0.25, 0.3) is 0 Å². The molecule has 3 nitrogen and oxygen atoms in total. The van der Waals surface area contributed by atoms with E-state index in [9.17, 15) is 5.11 Å². The van der Waals surface area contributed by atoms with Crippen molar-refractivity contribution in [2.75, 3.05) is 25.1 Å². The minimum atomic E-state index is -0.488. The Labute approximate surface area is 135 Å². The molecule has 0 saturated heterocycles. The molecule has 0 radical (unpaired) electrons. The molecule has 4 heteroatoms. The predicted octanol–water partition coefficient (Wildman–Crippen LogP) is 3.84. The van der Waals surface area contributed by atoms with Gasteiger partial charge in [-0.2, -0.15) is 0 Å². The van der Waals surface area contributed by atoms with Crippen molar-refractivity contribution in [3.05, 3.63) is 40.9 Å². The average molecular weight is 354 g/mol. The molecule has 3 atom stereocenters. The molecule has 0 saturated carbocycles. The highest BCUT2D eigenvalue weighted by Crippen LogP contribution is 2.25. The second-order valence-corrected chi connectivity index (χ2v) is 6.68. The molecule has 3 unspecified atom stereocenters. The normalized spacial score (nSPS) is 23.0. The van der Waals surface area contributed by atoms with Gasteiger partial charge in [-0.25, -0.2) is 0 Å². The molecule has 116 valence electrons. The molecule has 1 aromatic rings. The van der Waals surface area contributed by atoms with E-state index in [0.717, 1.165) is 29.6 Å². The molecule has 0 heterocycles. The van der Waals surface area contributed by atoms with Crippen molar-refractivity contribution in [3.8, 4) is 0 Å². The van der Waals surface area contributed by atoms with Gasteiger partial charge in [-0.05, 0) is 42.9 Å². The first kappa shape index (κ1) is 16.5. The summed E-state index contributed by atoms with van der Waals surface area (Å²) in [7, 11) is 0. The van der Waals surface area contributed by atoms with Crippen LogP contribution in [0.5, 0.6) is 0 Å². The van der Waals surface area contributed by atoms with E-state index in [0.29, 0.717) is 25.0 Å². The van der Waals surface area contributed by atoms with Gasteiger partial charge in [-0.1, -0.05) is 41.1 Å². The Hall–Kier alpha value is -0.840. The third-order valence-corrected chi connectivity index (χ3v) is 4.42. The van der Waals surface area contributed by atoms with Crippen LogP contribution in [0.2, 0.25) is 0 Å². The second kappa shape index (κ2) is 8.57. The second-order valence-electron chi connectivity index (χ2n) is 5.76. The summed E-state index contributed by atoms with van der Waals surface area (Å²) in [6, 6.07) is 7.91. The monoisotopic (exact) mass is 353 g/mol. The summed E-state index contributed by atoms with van der Waals surface area (Å²) in [6.07, 6.45) is 6.23. The van der Waals surface area contributed by atoms with Crippen LogP contribution in [0.25, 0.3) is 0 Å². The molecule has 0 bridgehead atoms. The van der Waals surface area contributed by atoms with E-state index >= 15 is 0 Å². The number of allylic oxidation sites excluding steroid dienone is 2. The molecular weight excluding hydrogens is 330 g/mol. The molecule has 1 aromatic carbocycles. The largest absolute Gasteiger partial charge is 0.389 e. The topological polar surface area (TPSA) is 41.5 Å². The van der Waals surface area contributed by atoms with Crippen molar-refractivity contribution in [2.45, 2.75) is 25.9 Å². The van der Waals surface area contributed by atoms with Gasteiger partial charge in [0.15, 0.2) is 0 Å². The van der Waals surface area contributed by atoms with Crippen molar-refractivity contribution in [3.63, 3.8) is 0 Å². The molecule has 21 heavy (non-hydrogen) atoms. The first-order chi connectivity index (χ1) is 10.1. The fourth-order valence-corrected chi connectivity index (χ4v) is 2.89. The van der Waals surface area contributed by atoms with Crippen molar-refractivity contribution < 1.29 is 9.84 Å². The quantitative estimate of drug-likeness (QED) is 0.731. The molecule has 1 aliphatic carbocycles. The average Bonchev–Trinajstić information content (AvgIpc) is 2.47. The zero-order chi connectivity index (χ0) is 15.1. The summed E-state index contributed by atoms with van der Waals surface area (Å²) in [6.45, 7) is 3.88. The van der Waals surface area contributed by atoms with Gasteiger partial charge in [0.05, 0.1) is 19.3 Å². The van der Waals surface area contributed by atoms with Crippen LogP contribution in [-0.2, 0) is 4.74 Å². The highest BCUT2D eigenvalue weighted by atomic mass is 79.9. The molecule has 0 fully saturated rings. The van der Waals surface area contributed by atoms with Gasteiger partial charge in [-0.3, -0.25) is 0 Å². The number of ether oxygens (including phenoxy) is 1. The van der Waals surface area contributed by atoms with Crippen molar-refractivity contribution in [1.82, 2.24) is 0 Å². The molecule has 2 rings (SSSR count). The summed E-state index contributed by atoms with van der Waals surface area (Å²) in [5.74, 6) is 1.26. The molecule has 0 spiro atoms. The van der Waals surface area contributed by atoms with Crippen molar-refractivity contribution in [2.24, 2.45) is 11.8 Å². The Balaban J connectivity index is 1.63. The Morgan fingerprint density at radius 3 is 2.95 bits per heavy atom. The fraction of sp³-hybridized carbons (Fsp3) is 0.529. The van der Waals surface area contributed by atoms with Crippen LogP contribution in [0.1, 0.15) is 19.8 Å². The number of hydrogen-bond acceptors (Lipinski definition) is 3. The Bertz CT molecular complexity index is 464. The molecule has 1 aliphatic rings. The summed E-state index contributed by atoms with van der Waals surface area (Å²) in [5.41, 5.74) is 0.995. The number of hydrogen-bond donors (Lipinski definition) is 2. The third-order valence-electron chi connectivity index (χ3n) is 3.93. The van der Waals surface area contributed by atoms with E-state index in [1.54, 1.807) is 0 Å². The molecule has 0 aliphatic heterocycles. The number of anilines is 1. The molecule has 2 N–H and O–H groups in total. The lowest BCUT2D eigenvalue weighted by Crippen LogP contribution is -2.27. The van der Waals surface area contributed by atoms with Crippen LogP contribution in [0.4, 0.5) is 5.69 Å². The molecular formula is C17H24BrNO2. The Morgan fingerprint density at radius 1 is 1.38 bits per heavy atom. The highest BCUT2D eigenvalue weighted by molar-refractivity contribution is 9.10. The van der Waals surface area contributed by atoms with Gasteiger partial charge in [0.2, 0.25) is 0 Å². The lowest BCUT2D eigenvalue weighted by atomic mass is 9.85. The van der Waals surface area contributed by atoms with Crippen LogP contribution in [0, 0.1) is 11.8 Å². The lowest BCUT2D eigenvalue weighted by Gasteiger charge is -2.25. The van der Waals surface area contributed by atoms with E-state index in [1.807, 2.05) is 24.3 Å². The molecule has 0 amide bonds. The Morgan fingerprint density at radius 2 is 2.19 bits per heavy atom. The first-order valence-corrected chi connectivity index (χ1v) is 8.34. The standard InChI is InChI=1S/C17H24BrNO2/c1-13-5-2-3-6-14(13)11-21-12-17(20)10-19-16-8-4-7-15(18)9-16/h2-4,7-9,13-14,17,19-20H,5-6,10-12H2,1H3. The van der Waals surface area contributed by atoms with Crippen LogP contribution < -0.4 is 5.32 Å². The minimum absolute atomic E-state index is 0.383. The fourth-order valence-electron chi connectivity index (χ4n) is 2.49.